The molecule has 2 saturated heterocycles. The Balaban J connectivity index is 1.50. The van der Waals surface area contributed by atoms with Crippen molar-refractivity contribution in [2.24, 2.45) is 0 Å². The highest BCUT2D eigenvalue weighted by Crippen LogP contribution is 2.17. The van der Waals surface area contributed by atoms with Crippen LogP contribution >= 0.6 is 0 Å². The Morgan fingerprint density at radius 1 is 0.439 bits per heavy atom. The molecule has 1 aromatic rings. The van der Waals surface area contributed by atoms with E-state index in [0.29, 0.717) is 156 Å². The second kappa shape index (κ2) is 41.2. The number of hydrogen-bond donors (Lipinski definition) is 2. The number of rotatable bonds is 31. The molecular formula is C55H92N10O17. The first-order valence-corrected chi connectivity index (χ1v) is 27.7. The van der Waals surface area contributed by atoms with E-state index in [-0.39, 0.29) is 82.1 Å². The van der Waals surface area contributed by atoms with Gasteiger partial charge in [-0.1, -0.05) is 18.7 Å². The van der Waals surface area contributed by atoms with Crippen LogP contribution in [0.2, 0.25) is 0 Å². The Kier molecular flexibility index (Phi) is 35.3. The van der Waals surface area contributed by atoms with E-state index < -0.39 is 23.9 Å². The largest absolute Gasteiger partial charge is 0.468 e. The highest BCUT2D eigenvalue weighted by Gasteiger charge is 2.29. The van der Waals surface area contributed by atoms with Crippen LogP contribution in [0.25, 0.3) is 0 Å². The lowest BCUT2D eigenvalue weighted by molar-refractivity contribution is -0.145. The van der Waals surface area contributed by atoms with Gasteiger partial charge in [-0.05, 0) is 30.5 Å². The molecule has 27 nitrogen and oxygen atoms in total. The van der Waals surface area contributed by atoms with E-state index in [1.165, 1.54) is 49.8 Å². The van der Waals surface area contributed by atoms with Crippen molar-refractivity contribution in [3.05, 3.63) is 42.2 Å². The normalized spacial score (nSPS) is 17.8. The van der Waals surface area contributed by atoms with Crippen molar-refractivity contribution >= 4 is 53.3 Å². The van der Waals surface area contributed by atoms with Crippen molar-refractivity contribution in [2.75, 3.05) is 239 Å². The molecule has 1 atom stereocenters. The first-order chi connectivity index (χ1) is 39.5. The van der Waals surface area contributed by atoms with Crippen LogP contribution in [0, 0.1) is 0 Å². The molecule has 1 aromatic carbocycles. The number of methoxy groups -OCH3 is 7. The number of carbonyl (C=O) groups is 8. The first-order valence-electron chi connectivity index (χ1n) is 27.7. The van der Waals surface area contributed by atoms with Crippen molar-refractivity contribution in [3.8, 4) is 0 Å². The van der Waals surface area contributed by atoms with Crippen LogP contribution in [-0.4, -0.2) is 326 Å². The number of ketones is 1. The number of hydrogen-bond acceptors (Lipinski definition) is 27. The molecule has 0 bridgehead atoms. The van der Waals surface area contributed by atoms with Crippen molar-refractivity contribution < 1.29 is 81.0 Å². The third-order valence-electron chi connectivity index (χ3n) is 13.9. The van der Waals surface area contributed by atoms with E-state index in [4.69, 9.17) is 42.6 Å². The zero-order valence-corrected chi connectivity index (χ0v) is 49.5. The lowest BCUT2D eigenvalue weighted by Crippen LogP contribution is -2.53. The summed E-state index contributed by atoms with van der Waals surface area (Å²) in [5.74, 6) is -2.24. The number of nitrogens with one attached hydrogen (secondary N) is 2. The third kappa shape index (κ3) is 30.4. The fourth-order valence-electron chi connectivity index (χ4n) is 9.04. The van der Waals surface area contributed by atoms with Crippen LogP contribution in [0.4, 0.5) is 5.69 Å². The zero-order valence-electron chi connectivity index (χ0n) is 49.5. The van der Waals surface area contributed by atoms with Crippen LogP contribution in [0.1, 0.15) is 18.4 Å². The van der Waals surface area contributed by atoms with Gasteiger partial charge in [0.05, 0.1) is 128 Å². The fourth-order valence-corrected chi connectivity index (χ4v) is 9.04. The van der Waals surface area contributed by atoms with Crippen molar-refractivity contribution in [1.82, 2.24) is 44.5 Å². The second-order valence-corrected chi connectivity index (χ2v) is 19.8. The van der Waals surface area contributed by atoms with Crippen LogP contribution in [0.3, 0.4) is 0 Å². The van der Waals surface area contributed by atoms with E-state index in [2.05, 4.69) is 17.2 Å². The summed E-state index contributed by atoms with van der Waals surface area (Å²) in [6.07, 6.45) is 1.33. The number of Topliss-reactive ketones (excluding diaryl/α,β-unsaturated/α-hetero) is 1. The van der Waals surface area contributed by atoms with E-state index in [0.717, 1.165) is 11.3 Å². The minimum absolute atomic E-state index is 0.0119. The Bertz CT molecular complexity index is 2080. The highest BCUT2D eigenvalue weighted by molar-refractivity contribution is 5.80. The molecule has 2 N–H and O–H groups in total. The molecule has 2 heterocycles. The topological polar surface area (TPSA) is 270 Å². The van der Waals surface area contributed by atoms with Gasteiger partial charge in [-0.2, -0.15) is 0 Å². The van der Waals surface area contributed by atoms with Gasteiger partial charge in [-0.3, -0.25) is 77.6 Å². The molecule has 0 radical (unpaired) electrons. The molecular weight excluding hydrogens is 1070 g/mol. The average Bonchev–Trinajstić information content (AvgIpc) is 3.48. The van der Waals surface area contributed by atoms with E-state index in [9.17, 15) is 38.4 Å². The second-order valence-electron chi connectivity index (χ2n) is 19.8. The molecule has 0 aliphatic carbocycles. The number of ether oxygens (including phenoxy) is 9. The summed E-state index contributed by atoms with van der Waals surface area (Å²) in [4.78, 5) is 116. The van der Waals surface area contributed by atoms with Crippen LogP contribution in [0.15, 0.2) is 36.7 Å². The average molecular weight is 1170 g/mol. The molecule has 0 saturated carbocycles. The summed E-state index contributed by atoms with van der Waals surface area (Å²) in [5, 5.41) is 6.48. The minimum atomic E-state index is -0.433. The van der Waals surface area contributed by atoms with Gasteiger partial charge in [0.2, 0.25) is 0 Å². The molecule has 82 heavy (non-hydrogen) atoms. The molecule has 2 fully saturated rings. The number of benzene rings is 1. The SMILES string of the molecule is C=C(NCCOCCOCCCC(=O)CN1CCN(CC(=O)OC)CCN(CC(=O)OC)CCN(CC(=O)OC)CC1)Nc1ccc(CC2CN(CC(=O)OC)CCN(CC(=O)OC)CCN(CC(=O)OC)CCN2CC(=O)OC)cc1. The summed E-state index contributed by atoms with van der Waals surface area (Å²) >= 11 is 0. The molecule has 2 aliphatic rings. The molecule has 2 aliphatic heterocycles. The van der Waals surface area contributed by atoms with Crippen LogP contribution in [0.5, 0.6) is 0 Å². The molecule has 27 heteroatoms. The molecule has 464 valence electrons. The van der Waals surface area contributed by atoms with Crippen LogP contribution in [-0.2, 0) is 87.4 Å². The maximum Gasteiger partial charge on any atom is 0.319 e. The highest BCUT2D eigenvalue weighted by atomic mass is 16.5. The minimum Gasteiger partial charge on any atom is -0.468 e. The van der Waals surface area contributed by atoms with Gasteiger partial charge in [-0.25, -0.2) is 0 Å². The predicted octanol–water partition coefficient (Wildman–Crippen LogP) is -1.89. The summed E-state index contributed by atoms with van der Waals surface area (Å²) in [6, 6.07) is 7.50. The van der Waals surface area contributed by atoms with Gasteiger partial charge < -0.3 is 53.3 Å². The molecule has 0 amide bonds. The first kappa shape index (κ1) is 70.4. The van der Waals surface area contributed by atoms with Crippen molar-refractivity contribution in [1.29, 1.82) is 0 Å². The summed E-state index contributed by atoms with van der Waals surface area (Å²) in [7, 11) is 9.32. The number of anilines is 1. The maximum absolute atomic E-state index is 13.2. The van der Waals surface area contributed by atoms with Gasteiger partial charge in [0.25, 0.3) is 0 Å². The van der Waals surface area contributed by atoms with Crippen LogP contribution < -0.4 is 10.6 Å². The molecule has 0 spiro atoms. The van der Waals surface area contributed by atoms with Gasteiger partial charge in [0.1, 0.15) is 5.78 Å². The predicted molar refractivity (Wildman–Crippen MR) is 301 cm³/mol. The van der Waals surface area contributed by atoms with Crippen molar-refractivity contribution in [2.45, 2.75) is 25.3 Å². The molecule has 3 rings (SSSR count). The number of esters is 7. The summed E-state index contributed by atoms with van der Waals surface area (Å²) < 4.78 is 46.4. The fraction of sp³-hybridized carbons (Fsp3) is 0.709. The zero-order chi connectivity index (χ0) is 60.1. The van der Waals surface area contributed by atoms with E-state index in [1.54, 1.807) is 0 Å². The number of carbonyl (C=O) groups excluding carboxylic acids is 8. The lowest BCUT2D eigenvalue weighted by atomic mass is 10.0. The third-order valence-corrected chi connectivity index (χ3v) is 13.9. The lowest BCUT2D eigenvalue weighted by Gasteiger charge is -2.38. The Morgan fingerprint density at radius 2 is 0.780 bits per heavy atom. The molecule has 0 aromatic heterocycles. The Hall–Kier alpha value is -5.88. The van der Waals surface area contributed by atoms with Gasteiger partial charge >= 0.3 is 41.8 Å². The van der Waals surface area contributed by atoms with Crippen molar-refractivity contribution in [3.63, 3.8) is 0 Å². The number of nitrogens with zero attached hydrogens (tertiary/aromatic N) is 8. The Morgan fingerprint density at radius 3 is 1.18 bits per heavy atom. The molecule has 1 unspecified atom stereocenters. The monoisotopic (exact) mass is 1160 g/mol. The quantitative estimate of drug-likeness (QED) is 0.0467. The standard InChI is InChI=1S/C55H92N10O17/c1-44(56-15-31-82-33-32-81-30-9-10-48(66)36-58-16-18-59(37-49(67)74-2)20-22-61(39-51(69)76-4)23-21-60(19-17-58)38-50(68)75-3)57-46-13-11-45(12-14-46)34-47-35-64(42-54(72)79-7)27-26-62(40-52(70)77-5)24-25-63(41-53(71)78-6)28-29-65(47)43-55(73)80-8/h11-14,47,56-57H,1,9-10,15-43H2,2-8H3. The summed E-state index contributed by atoms with van der Waals surface area (Å²) in [6.45, 7) is 13.0. The van der Waals surface area contributed by atoms with Gasteiger partial charge in [-0.15, -0.1) is 0 Å². The van der Waals surface area contributed by atoms with Gasteiger partial charge in [0.15, 0.2) is 0 Å². The smallest absolute Gasteiger partial charge is 0.319 e. The summed E-state index contributed by atoms with van der Waals surface area (Å²) in [5.41, 5.74) is 1.74. The Labute approximate surface area is 483 Å². The van der Waals surface area contributed by atoms with E-state index in [1.807, 2.05) is 63.5 Å². The van der Waals surface area contributed by atoms with Gasteiger partial charge in [0, 0.05) is 129 Å². The maximum atomic E-state index is 13.2. The van der Waals surface area contributed by atoms with E-state index >= 15 is 0 Å².